The van der Waals surface area contributed by atoms with Crippen LogP contribution in [0.1, 0.15) is 0 Å². The summed E-state index contributed by atoms with van der Waals surface area (Å²) in [6.45, 7) is 0. The number of hydrogen-bond acceptors (Lipinski definition) is 7. The molecule has 0 bridgehead atoms. The van der Waals surface area contributed by atoms with E-state index in [0.717, 1.165) is 60.9 Å². The molecule has 0 N–H and O–H groups in total. The number of hydrogen-bond donors (Lipinski definition) is 0. The van der Waals surface area contributed by atoms with E-state index in [1.54, 1.807) is 0 Å². The molecule has 10 rings (SSSR count). The highest BCUT2D eigenvalue weighted by molar-refractivity contribution is 6.10. The van der Waals surface area contributed by atoms with Gasteiger partial charge in [0.15, 0.2) is 34.9 Å². The van der Waals surface area contributed by atoms with Gasteiger partial charge in [-0.3, -0.25) is 0 Å². The Kier molecular flexibility index (Phi) is 8.00. The van der Waals surface area contributed by atoms with Crippen LogP contribution in [0.4, 0.5) is 0 Å². The Morgan fingerprint density at radius 3 is 1.24 bits per heavy atom. The lowest BCUT2D eigenvalue weighted by atomic mass is 10.0. The van der Waals surface area contributed by atoms with E-state index < -0.39 is 0 Å². The van der Waals surface area contributed by atoms with Gasteiger partial charge >= 0.3 is 0 Å². The monoisotopic (exact) mass is 706 g/mol. The maximum atomic E-state index is 6.63. The average Bonchev–Trinajstić information content (AvgIpc) is 3.66. The highest BCUT2D eigenvalue weighted by atomic mass is 16.3. The van der Waals surface area contributed by atoms with E-state index in [0.29, 0.717) is 40.5 Å². The first-order chi connectivity index (χ1) is 27.2. The highest BCUT2D eigenvalue weighted by Gasteiger charge is 2.19. The summed E-state index contributed by atoms with van der Waals surface area (Å²) in [5, 5.41) is 1.87. The zero-order chi connectivity index (χ0) is 36.6. The molecular formula is C48H30N6O. The Labute approximate surface area is 316 Å². The molecular weight excluding hydrogens is 677 g/mol. The van der Waals surface area contributed by atoms with Crippen molar-refractivity contribution in [3.8, 4) is 79.5 Å². The van der Waals surface area contributed by atoms with E-state index in [1.807, 2.05) is 146 Å². The van der Waals surface area contributed by atoms with Gasteiger partial charge in [0.05, 0.1) is 5.56 Å². The van der Waals surface area contributed by atoms with Crippen molar-refractivity contribution in [2.75, 3.05) is 0 Å². The fourth-order valence-corrected chi connectivity index (χ4v) is 6.86. The van der Waals surface area contributed by atoms with Gasteiger partial charge in [0.25, 0.3) is 0 Å². The maximum Gasteiger partial charge on any atom is 0.167 e. The van der Waals surface area contributed by atoms with E-state index in [4.69, 9.17) is 34.3 Å². The molecule has 0 unspecified atom stereocenters. The van der Waals surface area contributed by atoms with Gasteiger partial charge in [-0.1, -0.05) is 152 Å². The second-order valence-corrected chi connectivity index (χ2v) is 13.2. The molecule has 55 heavy (non-hydrogen) atoms. The van der Waals surface area contributed by atoms with E-state index in [2.05, 4.69) is 36.4 Å². The van der Waals surface area contributed by atoms with Gasteiger partial charge < -0.3 is 4.42 Å². The summed E-state index contributed by atoms with van der Waals surface area (Å²) in [7, 11) is 0. The van der Waals surface area contributed by atoms with Crippen LogP contribution in [0, 0.1) is 0 Å². The van der Waals surface area contributed by atoms with Gasteiger partial charge in [-0.2, -0.15) is 0 Å². The van der Waals surface area contributed by atoms with Crippen molar-refractivity contribution in [1.82, 2.24) is 29.9 Å². The van der Waals surface area contributed by atoms with Crippen LogP contribution in [0.3, 0.4) is 0 Å². The maximum absolute atomic E-state index is 6.63. The minimum absolute atomic E-state index is 0.524. The molecule has 0 aliphatic heterocycles. The Hall–Kier alpha value is -7.64. The molecule has 7 aromatic carbocycles. The smallest absolute Gasteiger partial charge is 0.167 e. The first-order valence-electron chi connectivity index (χ1n) is 18.0. The second-order valence-electron chi connectivity index (χ2n) is 13.2. The number of para-hydroxylation sites is 1. The third-order valence-corrected chi connectivity index (χ3v) is 9.59. The first kappa shape index (κ1) is 32.0. The van der Waals surface area contributed by atoms with Crippen LogP contribution in [0.2, 0.25) is 0 Å². The van der Waals surface area contributed by atoms with E-state index in [-0.39, 0.29) is 0 Å². The molecule has 258 valence electrons. The minimum Gasteiger partial charge on any atom is -0.455 e. The Balaban J connectivity index is 1.12. The quantitative estimate of drug-likeness (QED) is 0.163. The molecule has 0 radical (unpaired) electrons. The fourth-order valence-electron chi connectivity index (χ4n) is 6.86. The van der Waals surface area contributed by atoms with Crippen molar-refractivity contribution < 1.29 is 4.42 Å². The van der Waals surface area contributed by atoms with Crippen LogP contribution in [0.15, 0.2) is 186 Å². The van der Waals surface area contributed by atoms with E-state index in [1.165, 1.54) is 0 Å². The summed E-state index contributed by atoms with van der Waals surface area (Å²) in [6, 6.07) is 60.7. The van der Waals surface area contributed by atoms with Crippen LogP contribution in [-0.4, -0.2) is 29.9 Å². The minimum atomic E-state index is 0.524. The zero-order valence-corrected chi connectivity index (χ0v) is 29.4. The second kappa shape index (κ2) is 13.7. The first-order valence-corrected chi connectivity index (χ1v) is 18.0. The van der Waals surface area contributed by atoms with Crippen molar-refractivity contribution in [3.63, 3.8) is 0 Å². The largest absolute Gasteiger partial charge is 0.455 e. The molecule has 0 spiro atoms. The summed E-state index contributed by atoms with van der Waals surface area (Å²) in [5.74, 6) is 3.48. The molecule has 0 aliphatic carbocycles. The number of benzene rings is 7. The number of aromatic nitrogens is 6. The summed E-state index contributed by atoms with van der Waals surface area (Å²) < 4.78 is 6.63. The SMILES string of the molecule is c1ccc(-c2cccc(-c3nc(-c4ccccc4)nc(-c4cccc5c4oc4ccc(-c6nc(-c7ccccc7)nc(-c7ccccc7)n6)cc45)n3)c2)cc1. The topological polar surface area (TPSA) is 90.5 Å². The Morgan fingerprint density at radius 1 is 0.273 bits per heavy atom. The lowest BCUT2D eigenvalue weighted by Gasteiger charge is -2.10. The third kappa shape index (κ3) is 6.19. The molecule has 0 atom stereocenters. The summed E-state index contributed by atoms with van der Waals surface area (Å²) in [4.78, 5) is 29.9. The van der Waals surface area contributed by atoms with Crippen LogP contribution in [0.25, 0.3) is 101 Å². The fraction of sp³-hybridized carbons (Fsp3) is 0. The summed E-state index contributed by atoms with van der Waals surface area (Å²) in [5.41, 5.74) is 8.88. The van der Waals surface area contributed by atoms with Crippen LogP contribution >= 0.6 is 0 Å². The summed E-state index contributed by atoms with van der Waals surface area (Å²) in [6.07, 6.45) is 0. The van der Waals surface area contributed by atoms with Crippen LogP contribution in [0.5, 0.6) is 0 Å². The standard InChI is InChI=1S/C48H30N6O/c1-5-15-31(16-6-1)35-23-13-24-36(29-35)46-52-45(34-21-11-4-12-22-34)53-48(54-46)39-26-14-25-38-40-30-37(27-28-41(40)55-42(38)39)47-50-43(32-17-7-2-8-18-32)49-44(51-47)33-19-9-3-10-20-33/h1-30H. The lowest BCUT2D eigenvalue weighted by Crippen LogP contribution is -2.00. The molecule has 10 aromatic rings. The molecule has 7 heteroatoms. The molecule has 0 aliphatic rings. The number of fused-ring (bicyclic) bond motifs is 3. The molecule has 0 amide bonds. The van der Waals surface area contributed by atoms with E-state index >= 15 is 0 Å². The molecule has 3 aromatic heterocycles. The predicted molar refractivity (Wildman–Crippen MR) is 219 cm³/mol. The van der Waals surface area contributed by atoms with E-state index in [9.17, 15) is 0 Å². The predicted octanol–water partition coefficient (Wildman–Crippen LogP) is 11.6. The van der Waals surface area contributed by atoms with Gasteiger partial charge in [-0.15, -0.1) is 0 Å². The molecule has 3 heterocycles. The van der Waals surface area contributed by atoms with Crippen molar-refractivity contribution in [2.45, 2.75) is 0 Å². The van der Waals surface area contributed by atoms with Crippen molar-refractivity contribution in [3.05, 3.63) is 182 Å². The lowest BCUT2D eigenvalue weighted by molar-refractivity contribution is 0.669. The van der Waals surface area contributed by atoms with Gasteiger partial charge in [-0.05, 0) is 41.5 Å². The highest BCUT2D eigenvalue weighted by Crippen LogP contribution is 2.38. The Bertz CT molecular complexity index is 2910. The molecule has 7 nitrogen and oxygen atoms in total. The number of nitrogens with zero attached hydrogens (tertiary/aromatic N) is 6. The van der Waals surface area contributed by atoms with Crippen molar-refractivity contribution in [1.29, 1.82) is 0 Å². The van der Waals surface area contributed by atoms with Gasteiger partial charge in [0.1, 0.15) is 11.2 Å². The number of furan rings is 1. The Morgan fingerprint density at radius 2 is 0.691 bits per heavy atom. The summed E-state index contributed by atoms with van der Waals surface area (Å²) >= 11 is 0. The normalized spacial score (nSPS) is 11.3. The molecule has 0 saturated heterocycles. The molecule has 0 saturated carbocycles. The van der Waals surface area contributed by atoms with Crippen LogP contribution in [-0.2, 0) is 0 Å². The number of rotatable bonds is 7. The molecule has 0 fully saturated rings. The van der Waals surface area contributed by atoms with Gasteiger partial charge in [-0.25, -0.2) is 29.9 Å². The van der Waals surface area contributed by atoms with Gasteiger partial charge in [0, 0.05) is 38.6 Å². The zero-order valence-electron chi connectivity index (χ0n) is 29.4. The average molecular weight is 707 g/mol. The van der Waals surface area contributed by atoms with Crippen molar-refractivity contribution in [2.24, 2.45) is 0 Å². The van der Waals surface area contributed by atoms with Crippen molar-refractivity contribution >= 4 is 21.9 Å². The van der Waals surface area contributed by atoms with Gasteiger partial charge in [0.2, 0.25) is 0 Å². The van der Waals surface area contributed by atoms with Crippen LogP contribution < -0.4 is 0 Å². The third-order valence-electron chi connectivity index (χ3n) is 9.59.